The molecule has 1 amide bonds. The van der Waals surface area contributed by atoms with E-state index in [-0.39, 0.29) is 6.42 Å². The number of halogens is 3. The van der Waals surface area contributed by atoms with E-state index in [1.165, 1.54) is 0 Å². The Kier molecular flexibility index (Phi) is 7.44. The molecule has 0 saturated heterocycles. The topological polar surface area (TPSA) is 58.2 Å². The summed E-state index contributed by atoms with van der Waals surface area (Å²) in [6.07, 6.45) is -3.50. The summed E-state index contributed by atoms with van der Waals surface area (Å²) in [4.78, 5) is 23.9. The number of carbonyl (C=O) groups excluding carboxylic acids is 2. The van der Waals surface area contributed by atoms with Gasteiger partial charge in [0.05, 0.1) is 0 Å². The maximum absolute atomic E-state index is 12.8. The summed E-state index contributed by atoms with van der Waals surface area (Å²) < 4.78 is 37.2. The molecule has 32 heavy (non-hydrogen) atoms. The minimum atomic E-state index is -4.96. The summed E-state index contributed by atoms with van der Waals surface area (Å²) in [5, 5.41) is 5.38. The second-order valence-corrected chi connectivity index (χ2v) is 7.04. The van der Waals surface area contributed by atoms with Crippen molar-refractivity contribution in [1.29, 1.82) is 0 Å². The van der Waals surface area contributed by atoms with Gasteiger partial charge in [0.25, 0.3) is 5.78 Å². The molecule has 0 fully saturated rings. The monoisotopic (exact) mass is 438 g/mol. The molecule has 0 aliphatic heterocycles. The molecule has 7 heteroatoms. The molecule has 0 saturated carbocycles. The third kappa shape index (κ3) is 6.57. The number of allylic oxidation sites excluding steroid dienone is 1. The molecule has 0 spiro atoms. The molecule has 0 aliphatic carbocycles. The Bertz CT molecular complexity index is 1060. The molecule has 0 heterocycles. The number of benzene rings is 3. The summed E-state index contributed by atoms with van der Waals surface area (Å²) in [5.41, 5.74) is 3.38. The van der Waals surface area contributed by atoms with Gasteiger partial charge in [-0.2, -0.15) is 13.2 Å². The van der Waals surface area contributed by atoms with Crippen LogP contribution < -0.4 is 10.6 Å². The van der Waals surface area contributed by atoms with Crippen LogP contribution in [0.2, 0.25) is 0 Å². The summed E-state index contributed by atoms with van der Waals surface area (Å²) >= 11 is 0. The zero-order valence-corrected chi connectivity index (χ0v) is 17.0. The fourth-order valence-corrected chi connectivity index (χ4v) is 3.02. The molecule has 3 aromatic rings. The lowest BCUT2D eigenvalue weighted by Crippen LogP contribution is -2.39. The highest BCUT2D eigenvalue weighted by Gasteiger charge is 2.36. The van der Waals surface area contributed by atoms with Gasteiger partial charge in [-0.3, -0.25) is 9.59 Å². The third-order valence-corrected chi connectivity index (χ3v) is 4.67. The van der Waals surface area contributed by atoms with Gasteiger partial charge in [0.15, 0.2) is 0 Å². The first kappa shape index (κ1) is 22.8. The molecule has 0 aliphatic rings. The van der Waals surface area contributed by atoms with Crippen LogP contribution in [-0.4, -0.2) is 23.9 Å². The normalized spacial score (nSPS) is 12.3. The van der Waals surface area contributed by atoms with Crippen LogP contribution in [0.5, 0.6) is 0 Å². The largest absolute Gasteiger partial charge is 0.454 e. The van der Waals surface area contributed by atoms with Gasteiger partial charge in [-0.1, -0.05) is 72.8 Å². The van der Waals surface area contributed by atoms with Crippen molar-refractivity contribution in [2.24, 2.45) is 0 Å². The van der Waals surface area contributed by atoms with Crippen molar-refractivity contribution < 1.29 is 22.8 Å². The predicted octanol–water partition coefficient (Wildman–Crippen LogP) is 5.14. The van der Waals surface area contributed by atoms with Gasteiger partial charge in [0.1, 0.15) is 6.04 Å². The van der Waals surface area contributed by atoms with Crippen LogP contribution in [0.1, 0.15) is 5.56 Å². The Balaban J connectivity index is 1.71. The van der Waals surface area contributed by atoms with Gasteiger partial charge in [-0.05, 0) is 28.8 Å². The van der Waals surface area contributed by atoms with Crippen molar-refractivity contribution >= 4 is 17.4 Å². The molecule has 164 valence electrons. The number of carbonyl (C=O) groups is 2. The second-order valence-electron chi connectivity index (χ2n) is 7.04. The van der Waals surface area contributed by atoms with Gasteiger partial charge in [-0.25, -0.2) is 0 Å². The Hall–Kier alpha value is -3.87. The average molecular weight is 438 g/mol. The molecule has 3 rings (SSSR count). The molecule has 0 aromatic heterocycles. The first-order valence-electron chi connectivity index (χ1n) is 9.87. The second kappa shape index (κ2) is 10.4. The quantitative estimate of drug-likeness (QED) is 0.479. The zero-order valence-electron chi connectivity index (χ0n) is 17.0. The smallest absolute Gasteiger partial charge is 0.379 e. The van der Waals surface area contributed by atoms with Crippen molar-refractivity contribution in [3.63, 3.8) is 0 Å². The Labute approximate surface area is 183 Å². The molecule has 0 radical (unpaired) electrons. The Morgan fingerprint density at radius 2 is 1.38 bits per heavy atom. The number of nitrogens with one attached hydrogen (secondary N) is 2. The van der Waals surface area contributed by atoms with Gasteiger partial charge in [-0.15, -0.1) is 0 Å². The molecule has 1 atom stereocenters. The third-order valence-electron chi connectivity index (χ3n) is 4.67. The van der Waals surface area contributed by atoms with Gasteiger partial charge in [0, 0.05) is 24.4 Å². The minimum Gasteiger partial charge on any atom is -0.379 e. The predicted molar refractivity (Wildman–Crippen MR) is 118 cm³/mol. The Morgan fingerprint density at radius 1 is 0.812 bits per heavy atom. The zero-order chi connectivity index (χ0) is 23.0. The highest BCUT2D eigenvalue weighted by atomic mass is 19.4. The standard InChI is InChI=1S/C25H21F3N2O2/c26-25(27,28)23(31)15-16-29-22(17-18-7-3-1-4-8-18)24(32)30-21-13-11-20(12-14-21)19-9-5-2-6-10-19/h1-16,22,29H,17H2,(H,30,32). The van der Waals surface area contributed by atoms with E-state index in [2.05, 4.69) is 10.6 Å². The molecule has 3 aromatic carbocycles. The van der Waals surface area contributed by atoms with Crippen LogP contribution in [0, 0.1) is 0 Å². The van der Waals surface area contributed by atoms with Crippen LogP contribution in [-0.2, 0) is 16.0 Å². The van der Waals surface area contributed by atoms with E-state index >= 15 is 0 Å². The minimum absolute atomic E-state index is 0.222. The number of amides is 1. The fourth-order valence-electron chi connectivity index (χ4n) is 3.02. The number of hydrogen-bond donors (Lipinski definition) is 2. The number of rotatable bonds is 8. The maximum Gasteiger partial charge on any atom is 0.454 e. The van der Waals surface area contributed by atoms with Crippen molar-refractivity contribution in [2.75, 3.05) is 5.32 Å². The van der Waals surface area contributed by atoms with E-state index in [9.17, 15) is 22.8 Å². The lowest BCUT2D eigenvalue weighted by molar-refractivity contribution is -0.165. The number of ketones is 1. The number of anilines is 1. The highest BCUT2D eigenvalue weighted by Crippen LogP contribution is 2.21. The first-order valence-corrected chi connectivity index (χ1v) is 9.87. The fraction of sp³-hybridized carbons (Fsp3) is 0.120. The van der Waals surface area contributed by atoms with E-state index in [1.807, 2.05) is 48.5 Å². The van der Waals surface area contributed by atoms with Crippen LogP contribution >= 0.6 is 0 Å². The average Bonchev–Trinajstić information content (AvgIpc) is 2.79. The van der Waals surface area contributed by atoms with Crippen LogP contribution in [0.15, 0.2) is 97.2 Å². The number of alkyl halides is 3. The SMILES string of the molecule is O=C(Nc1ccc(-c2ccccc2)cc1)C(Cc1ccccc1)NC=CC(=O)C(F)(F)F. The molecule has 0 bridgehead atoms. The summed E-state index contributed by atoms with van der Waals surface area (Å²) in [6.45, 7) is 0. The van der Waals surface area contributed by atoms with E-state index in [1.54, 1.807) is 36.4 Å². The van der Waals surface area contributed by atoms with Crippen molar-refractivity contribution in [2.45, 2.75) is 18.6 Å². The maximum atomic E-state index is 12.8. The van der Waals surface area contributed by atoms with E-state index in [0.717, 1.165) is 22.9 Å². The van der Waals surface area contributed by atoms with E-state index in [4.69, 9.17) is 0 Å². The summed E-state index contributed by atoms with van der Waals surface area (Å²) in [5.74, 6) is -2.44. The molecular weight excluding hydrogens is 417 g/mol. The summed E-state index contributed by atoms with van der Waals surface area (Å²) in [7, 11) is 0. The van der Waals surface area contributed by atoms with Crippen LogP contribution in [0.4, 0.5) is 18.9 Å². The lowest BCUT2D eigenvalue weighted by atomic mass is 10.0. The first-order chi connectivity index (χ1) is 15.3. The van der Waals surface area contributed by atoms with Crippen LogP contribution in [0.3, 0.4) is 0 Å². The summed E-state index contributed by atoms with van der Waals surface area (Å²) in [6, 6.07) is 25.1. The molecule has 1 unspecified atom stereocenters. The van der Waals surface area contributed by atoms with E-state index < -0.39 is 23.9 Å². The van der Waals surface area contributed by atoms with Gasteiger partial charge >= 0.3 is 6.18 Å². The molecular formula is C25H21F3N2O2. The lowest BCUT2D eigenvalue weighted by Gasteiger charge is -2.18. The van der Waals surface area contributed by atoms with Gasteiger partial charge in [0.2, 0.25) is 5.91 Å². The number of hydrogen-bond acceptors (Lipinski definition) is 3. The molecule has 2 N–H and O–H groups in total. The van der Waals surface area contributed by atoms with Crippen LogP contribution in [0.25, 0.3) is 11.1 Å². The highest BCUT2D eigenvalue weighted by molar-refractivity contribution is 5.96. The Morgan fingerprint density at radius 3 is 1.97 bits per heavy atom. The van der Waals surface area contributed by atoms with Gasteiger partial charge < -0.3 is 10.6 Å². The molecule has 4 nitrogen and oxygen atoms in total. The van der Waals surface area contributed by atoms with Crippen molar-refractivity contribution in [1.82, 2.24) is 5.32 Å². The van der Waals surface area contributed by atoms with Crippen molar-refractivity contribution in [3.05, 3.63) is 103 Å². The van der Waals surface area contributed by atoms with Crippen molar-refractivity contribution in [3.8, 4) is 11.1 Å². The van der Waals surface area contributed by atoms with E-state index in [0.29, 0.717) is 11.8 Å².